The molecule has 140 valence electrons. The number of hydrogen-bond acceptors (Lipinski definition) is 5. The molecule has 1 unspecified atom stereocenters. The highest BCUT2D eigenvalue weighted by atomic mass is 32.1. The fourth-order valence-electron chi connectivity index (χ4n) is 3.58. The van der Waals surface area contributed by atoms with Gasteiger partial charge >= 0.3 is 0 Å². The second kappa shape index (κ2) is 8.05. The molecule has 1 aliphatic rings. The van der Waals surface area contributed by atoms with Crippen molar-refractivity contribution < 1.29 is 4.79 Å². The van der Waals surface area contributed by atoms with Gasteiger partial charge in [-0.3, -0.25) is 4.79 Å². The van der Waals surface area contributed by atoms with Gasteiger partial charge in [-0.2, -0.15) is 0 Å². The van der Waals surface area contributed by atoms with Crippen LogP contribution < -0.4 is 5.32 Å². The van der Waals surface area contributed by atoms with Crippen LogP contribution in [-0.2, 0) is 17.6 Å². The molecule has 5 nitrogen and oxygen atoms in total. The van der Waals surface area contributed by atoms with Gasteiger partial charge in [0.25, 0.3) is 0 Å². The average Bonchev–Trinajstić information content (AvgIpc) is 3.28. The van der Waals surface area contributed by atoms with Gasteiger partial charge in [-0.1, -0.05) is 37.3 Å². The first-order valence-electron chi connectivity index (χ1n) is 9.52. The van der Waals surface area contributed by atoms with Gasteiger partial charge in [0.15, 0.2) is 0 Å². The van der Waals surface area contributed by atoms with E-state index < -0.39 is 0 Å². The second-order valence-corrected chi connectivity index (χ2v) is 8.15. The van der Waals surface area contributed by atoms with E-state index in [4.69, 9.17) is 0 Å². The van der Waals surface area contributed by atoms with E-state index in [1.807, 2.05) is 23.1 Å². The molecule has 6 heteroatoms. The minimum absolute atomic E-state index is 0.259. The molecule has 1 aromatic carbocycles. The minimum Gasteiger partial charge on any atom is -0.369 e. The molecule has 1 atom stereocenters. The number of aromatic nitrogens is 2. The molecule has 1 N–H and O–H groups in total. The van der Waals surface area contributed by atoms with Gasteiger partial charge in [-0.05, 0) is 24.5 Å². The lowest BCUT2D eigenvalue weighted by molar-refractivity contribution is -0.127. The predicted octanol–water partition coefficient (Wildman–Crippen LogP) is 3.76. The van der Waals surface area contributed by atoms with E-state index in [9.17, 15) is 4.79 Å². The van der Waals surface area contributed by atoms with Crippen LogP contribution in [0.25, 0.3) is 10.2 Å². The number of nitrogens with one attached hydrogen (secondary N) is 1. The third kappa shape index (κ3) is 4.11. The Hall–Kier alpha value is -2.47. The standard InChI is InChI=1S/C21H24N4OS/c1-2-17-11-18-20(23-14-24-21(18)27-17)22-12-16-10-19(26)25(13-16)9-8-15-6-4-3-5-7-15/h3-7,11,14,16H,2,8-10,12-13H2,1H3,(H,22,23,24). The Morgan fingerprint density at radius 3 is 2.93 bits per heavy atom. The van der Waals surface area contributed by atoms with Gasteiger partial charge in [-0.15, -0.1) is 11.3 Å². The number of amides is 1. The number of anilines is 1. The Labute approximate surface area is 163 Å². The zero-order chi connectivity index (χ0) is 18.6. The molecular weight excluding hydrogens is 356 g/mol. The monoisotopic (exact) mass is 380 g/mol. The summed E-state index contributed by atoms with van der Waals surface area (Å²) >= 11 is 1.72. The number of rotatable bonds is 7. The maximum Gasteiger partial charge on any atom is 0.223 e. The highest BCUT2D eigenvalue weighted by molar-refractivity contribution is 7.18. The number of nitrogens with zero attached hydrogens (tertiary/aromatic N) is 3. The molecule has 0 bridgehead atoms. The molecule has 1 fully saturated rings. The van der Waals surface area contributed by atoms with Crippen LogP contribution in [-0.4, -0.2) is 40.4 Å². The Balaban J connectivity index is 1.34. The number of aryl methyl sites for hydroxylation is 1. The normalized spacial score (nSPS) is 17.0. The van der Waals surface area contributed by atoms with Gasteiger partial charge in [-0.25, -0.2) is 9.97 Å². The topological polar surface area (TPSA) is 58.1 Å². The van der Waals surface area contributed by atoms with Crippen LogP contribution in [0.15, 0.2) is 42.7 Å². The number of likely N-dealkylation sites (tertiary alicyclic amines) is 1. The van der Waals surface area contributed by atoms with Crippen LogP contribution in [0.4, 0.5) is 5.82 Å². The van der Waals surface area contributed by atoms with E-state index in [2.05, 4.69) is 40.4 Å². The Bertz CT molecular complexity index is 924. The Morgan fingerprint density at radius 2 is 2.11 bits per heavy atom. The van der Waals surface area contributed by atoms with Gasteiger partial charge in [0.05, 0.1) is 5.39 Å². The summed E-state index contributed by atoms with van der Waals surface area (Å²) in [5.41, 5.74) is 1.28. The van der Waals surface area contributed by atoms with Crippen LogP contribution in [0.5, 0.6) is 0 Å². The summed E-state index contributed by atoms with van der Waals surface area (Å²) in [7, 11) is 0. The Morgan fingerprint density at radius 1 is 1.26 bits per heavy atom. The summed E-state index contributed by atoms with van der Waals surface area (Å²) < 4.78 is 0. The predicted molar refractivity (Wildman–Crippen MR) is 110 cm³/mol. The molecular formula is C21H24N4OS. The zero-order valence-electron chi connectivity index (χ0n) is 15.5. The lowest BCUT2D eigenvalue weighted by Gasteiger charge is -2.17. The van der Waals surface area contributed by atoms with E-state index >= 15 is 0 Å². The molecule has 3 heterocycles. The number of fused-ring (bicyclic) bond motifs is 1. The average molecular weight is 381 g/mol. The van der Waals surface area contributed by atoms with Crippen molar-refractivity contribution in [2.24, 2.45) is 5.92 Å². The zero-order valence-corrected chi connectivity index (χ0v) is 16.3. The number of benzene rings is 1. The maximum atomic E-state index is 12.3. The molecule has 1 amide bonds. The summed E-state index contributed by atoms with van der Waals surface area (Å²) in [6.07, 6.45) is 4.15. The summed E-state index contributed by atoms with van der Waals surface area (Å²) in [4.78, 5) is 25.5. The van der Waals surface area contributed by atoms with Crippen molar-refractivity contribution >= 4 is 33.3 Å². The van der Waals surface area contributed by atoms with Crippen LogP contribution in [0, 0.1) is 5.92 Å². The highest BCUT2D eigenvalue weighted by Gasteiger charge is 2.29. The van der Waals surface area contributed by atoms with Crippen LogP contribution in [0.2, 0.25) is 0 Å². The summed E-state index contributed by atoms with van der Waals surface area (Å²) in [5, 5.41) is 4.55. The third-order valence-corrected chi connectivity index (χ3v) is 6.28. The molecule has 0 spiro atoms. The van der Waals surface area contributed by atoms with Crippen LogP contribution in [0.3, 0.4) is 0 Å². The van der Waals surface area contributed by atoms with Gasteiger partial charge in [0, 0.05) is 36.9 Å². The minimum atomic E-state index is 0.259. The molecule has 0 radical (unpaired) electrons. The molecule has 1 aliphatic heterocycles. The third-order valence-electron chi connectivity index (χ3n) is 5.09. The van der Waals surface area contributed by atoms with E-state index in [0.29, 0.717) is 12.3 Å². The van der Waals surface area contributed by atoms with Crippen LogP contribution >= 0.6 is 11.3 Å². The fourth-order valence-corrected chi connectivity index (χ4v) is 4.51. The smallest absolute Gasteiger partial charge is 0.223 e. The number of hydrogen-bond donors (Lipinski definition) is 1. The van der Waals surface area contributed by atoms with Gasteiger partial charge < -0.3 is 10.2 Å². The van der Waals surface area contributed by atoms with Crippen molar-refractivity contribution in [3.63, 3.8) is 0 Å². The van der Waals surface area contributed by atoms with Gasteiger partial charge in [0.2, 0.25) is 5.91 Å². The quantitative estimate of drug-likeness (QED) is 0.678. The lowest BCUT2D eigenvalue weighted by atomic mass is 10.1. The van der Waals surface area contributed by atoms with Crippen molar-refractivity contribution in [1.82, 2.24) is 14.9 Å². The highest BCUT2D eigenvalue weighted by Crippen LogP contribution is 2.29. The molecule has 3 aromatic rings. The van der Waals surface area contributed by atoms with Crippen molar-refractivity contribution in [2.45, 2.75) is 26.2 Å². The SMILES string of the molecule is CCc1cc2c(NCC3CC(=O)N(CCc4ccccc4)C3)ncnc2s1. The van der Waals surface area contributed by atoms with Crippen molar-refractivity contribution in [3.8, 4) is 0 Å². The first-order chi connectivity index (χ1) is 13.2. The molecule has 0 saturated carbocycles. The van der Waals surface area contributed by atoms with E-state index in [1.165, 1.54) is 10.4 Å². The summed E-state index contributed by atoms with van der Waals surface area (Å²) in [6, 6.07) is 12.5. The fraction of sp³-hybridized carbons (Fsp3) is 0.381. The number of thiophene rings is 1. The van der Waals surface area contributed by atoms with Crippen molar-refractivity contribution in [3.05, 3.63) is 53.2 Å². The second-order valence-electron chi connectivity index (χ2n) is 7.03. The molecule has 4 rings (SSSR count). The van der Waals surface area contributed by atoms with E-state index in [0.717, 1.165) is 48.5 Å². The summed E-state index contributed by atoms with van der Waals surface area (Å²) in [5.74, 6) is 1.46. The first-order valence-corrected chi connectivity index (χ1v) is 10.3. The number of carbonyl (C=O) groups is 1. The lowest BCUT2D eigenvalue weighted by Crippen LogP contribution is -2.28. The van der Waals surface area contributed by atoms with E-state index in [1.54, 1.807) is 17.7 Å². The summed E-state index contributed by atoms with van der Waals surface area (Å²) in [6.45, 7) is 4.52. The molecule has 2 aromatic heterocycles. The van der Waals surface area contributed by atoms with Crippen molar-refractivity contribution in [2.75, 3.05) is 25.0 Å². The Kier molecular flexibility index (Phi) is 5.34. The largest absolute Gasteiger partial charge is 0.369 e. The maximum absolute atomic E-state index is 12.3. The van der Waals surface area contributed by atoms with Crippen LogP contribution in [0.1, 0.15) is 23.8 Å². The number of carbonyl (C=O) groups excluding carboxylic acids is 1. The van der Waals surface area contributed by atoms with Crippen molar-refractivity contribution in [1.29, 1.82) is 0 Å². The molecule has 0 aliphatic carbocycles. The van der Waals surface area contributed by atoms with Gasteiger partial charge in [0.1, 0.15) is 17.0 Å². The van der Waals surface area contributed by atoms with E-state index in [-0.39, 0.29) is 5.91 Å². The molecule has 1 saturated heterocycles. The molecule has 27 heavy (non-hydrogen) atoms. The first kappa shape index (κ1) is 17.9.